The summed E-state index contributed by atoms with van der Waals surface area (Å²) >= 11 is 7.46. The minimum atomic E-state index is -0.700. The minimum Gasteiger partial charge on any atom is -0.507 e. The molecule has 4 aromatic rings. The molecule has 2 amide bonds. The van der Waals surface area contributed by atoms with Crippen molar-refractivity contribution < 1.29 is 29.0 Å². The number of ketones is 1. The lowest BCUT2D eigenvalue weighted by molar-refractivity contribution is -0.123. The largest absolute Gasteiger partial charge is 0.507 e. The fourth-order valence-corrected chi connectivity index (χ4v) is 8.91. The molecule has 0 spiro atoms. The first-order chi connectivity index (χ1) is 21.1. The van der Waals surface area contributed by atoms with Crippen LogP contribution in [0.15, 0.2) is 72.8 Å². The summed E-state index contributed by atoms with van der Waals surface area (Å²) in [5.41, 5.74) is 3.48. The van der Waals surface area contributed by atoms with Gasteiger partial charge in [0.15, 0.2) is 6.61 Å². The van der Waals surface area contributed by atoms with Crippen LogP contribution in [0.2, 0.25) is 0 Å². The van der Waals surface area contributed by atoms with Crippen LogP contribution in [0, 0.1) is 30.6 Å². The molecule has 2 heterocycles. The number of phenols is 1. The summed E-state index contributed by atoms with van der Waals surface area (Å²) in [5.74, 6) is -2.04. The van der Waals surface area contributed by atoms with Crippen LogP contribution in [0.25, 0.3) is 22.2 Å². The van der Waals surface area contributed by atoms with Crippen molar-refractivity contribution >= 4 is 72.0 Å². The number of esters is 1. The molecule has 0 radical (unpaired) electrons. The van der Waals surface area contributed by atoms with Crippen molar-refractivity contribution in [1.29, 1.82) is 0 Å². The average Bonchev–Trinajstić information content (AvgIpc) is 3.64. The molecule has 2 bridgehead atoms. The highest BCUT2D eigenvalue weighted by Crippen LogP contribution is 2.60. The molecule has 7 rings (SSSR count). The number of halogens is 2. The van der Waals surface area contributed by atoms with E-state index in [-0.39, 0.29) is 62.0 Å². The number of pyridine rings is 1. The topological polar surface area (TPSA) is 114 Å². The lowest BCUT2D eigenvalue weighted by Gasteiger charge is -2.28. The summed E-state index contributed by atoms with van der Waals surface area (Å²) in [6.07, 6.45) is 0.867. The molecule has 2 saturated carbocycles. The fourth-order valence-electron chi connectivity index (χ4n) is 7.04. The van der Waals surface area contributed by atoms with E-state index in [1.165, 1.54) is 17.0 Å². The molecule has 8 nitrogen and oxygen atoms in total. The van der Waals surface area contributed by atoms with Gasteiger partial charge < -0.3 is 9.84 Å². The van der Waals surface area contributed by atoms with Gasteiger partial charge in [0.1, 0.15) is 5.75 Å². The number of aromatic hydroxyl groups is 1. The first-order valence-corrected chi connectivity index (χ1v) is 16.1. The number of para-hydroxylation sites is 1. The fraction of sp³-hybridized carbons (Fsp3) is 0.265. The molecule has 3 aliphatic rings. The van der Waals surface area contributed by atoms with E-state index in [4.69, 9.17) is 9.72 Å². The number of carbonyl (C=O) groups is 4. The number of aryl methyl sites for hydroxylation is 1. The summed E-state index contributed by atoms with van der Waals surface area (Å²) < 4.78 is 5.41. The molecule has 1 N–H and O–H groups in total. The number of Topliss-reactive ketones (excluding diaryl/α,β-unsaturated/α-hetero) is 1. The van der Waals surface area contributed by atoms with E-state index >= 15 is 0 Å². The Morgan fingerprint density at radius 2 is 1.57 bits per heavy atom. The number of amides is 2. The highest BCUT2D eigenvalue weighted by molar-refractivity contribution is 9.12. The van der Waals surface area contributed by atoms with Gasteiger partial charge in [0.05, 0.1) is 39.9 Å². The monoisotopic (exact) mass is 716 g/mol. The zero-order chi connectivity index (χ0) is 30.9. The summed E-state index contributed by atoms with van der Waals surface area (Å²) in [6.45, 7) is 1.36. The Kier molecular flexibility index (Phi) is 7.16. The van der Waals surface area contributed by atoms with Crippen molar-refractivity contribution in [3.63, 3.8) is 0 Å². The van der Waals surface area contributed by atoms with Crippen LogP contribution in [-0.4, -0.2) is 49.9 Å². The van der Waals surface area contributed by atoms with Gasteiger partial charge >= 0.3 is 5.97 Å². The maximum atomic E-state index is 13.5. The average molecular weight is 718 g/mol. The van der Waals surface area contributed by atoms with Gasteiger partial charge in [0, 0.05) is 20.6 Å². The van der Waals surface area contributed by atoms with Crippen LogP contribution in [0.5, 0.6) is 5.75 Å². The first-order valence-electron chi connectivity index (χ1n) is 14.3. The number of hydrogen-bond acceptors (Lipinski definition) is 7. The second-order valence-corrected chi connectivity index (χ2v) is 13.8. The van der Waals surface area contributed by atoms with Crippen LogP contribution >= 0.6 is 31.9 Å². The molecule has 10 heteroatoms. The molecular weight excluding hydrogens is 692 g/mol. The molecular formula is C34H26Br2N2O6. The number of nitrogens with zero attached hydrogens (tertiary/aromatic N) is 2. The zero-order valence-corrected chi connectivity index (χ0v) is 26.6. The van der Waals surface area contributed by atoms with Crippen LogP contribution in [0.3, 0.4) is 0 Å². The first kappa shape index (κ1) is 28.9. The predicted octanol–water partition coefficient (Wildman–Crippen LogP) is 6.24. The van der Waals surface area contributed by atoms with Gasteiger partial charge in [-0.1, -0.05) is 67.8 Å². The van der Waals surface area contributed by atoms with Crippen molar-refractivity contribution in [3.05, 3.63) is 89.5 Å². The summed E-state index contributed by atoms with van der Waals surface area (Å²) in [4.78, 5) is 59.3. The summed E-state index contributed by atoms with van der Waals surface area (Å²) in [6, 6.07) is 20.3. The van der Waals surface area contributed by atoms with E-state index in [0.29, 0.717) is 27.8 Å². The van der Waals surface area contributed by atoms with Gasteiger partial charge in [-0.05, 0) is 67.6 Å². The van der Waals surface area contributed by atoms with E-state index < -0.39 is 18.4 Å². The summed E-state index contributed by atoms with van der Waals surface area (Å²) in [5, 5.41) is 10.6. The maximum Gasteiger partial charge on any atom is 0.339 e. The van der Waals surface area contributed by atoms with Gasteiger partial charge in [0.2, 0.25) is 17.6 Å². The lowest BCUT2D eigenvalue weighted by atomic mass is 9.81. The minimum absolute atomic E-state index is 0.0711. The van der Waals surface area contributed by atoms with E-state index in [2.05, 4.69) is 31.9 Å². The Bertz CT molecular complexity index is 1840. The van der Waals surface area contributed by atoms with Crippen molar-refractivity contribution in [2.24, 2.45) is 23.7 Å². The van der Waals surface area contributed by atoms with Crippen LogP contribution in [0.1, 0.15) is 32.7 Å². The number of ether oxygens (including phenoxy) is 1. The highest BCUT2D eigenvalue weighted by Gasteiger charge is 2.66. The van der Waals surface area contributed by atoms with Crippen LogP contribution in [0.4, 0.5) is 5.69 Å². The number of carbonyl (C=O) groups excluding carboxylic acids is 4. The predicted molar refractivity (Wildman–Crippen MR) is 171 cm³/mol. The number of aromatic nitrogens is 1. The number of benzene rings is 3. The Morgan fingerprint density at radius 3 is 2.23 bits per heavy atom. The molecule has 1 saturated heterocycles. The third-order valence-electron chi connectivity index (χ3n) is 9.13. The number of imide groups is 1. The van der Waals surface area contributed by atoms with Gasteiger partial charge in [-0.3, -0.25) is 19.3 Å². The molecule has 3 aromatic carbocycles. The van der Waals surface area contributed by atoms with E-state index in [9.17, 15) is 24.3 Å². The third-order valence-corrected chi connectivity index (χ3v) is 12.3. The number of hydrogen-bond donors (Lipinski definition) is 1. The van der Waals surface area contributed by atoms with Crippen molar-refractivity contribution in [3.8, 4) is 17.0 Å². The van der Waals surface area contributed by atoms with Gasteiger partial charge in [-0.25, -0.2) is 9.78 Å². The second-order valence-electron chi connectivity index (χ2n) is 11.7. The molecule has 6 unspecified atom stereocenters. The lowest BCUT2D eigenvalue weighted by Crippen LogP contribution is -2.37. The van der Waals surface area contributed by atoms with Crippen molar-refractivity contribution in [2.75, 3.05) is 11.5 Å². The Balaban J connectivity index is 1.17. The Labute approximate surface area is 269 Å². The third kappa shape index (κ3) is 4.57. The molecule has 6 atom stereocenters. The van der Waals surface area contributed by atoms with E-state index in [1.54, 1.807) is 42.5 Å². The molecule has 2 aliphatic carbocycles. The smallest absolute Gasteiger partial charge is 0.339 e. The van der Waals surface area contributed by atoms with Gasteiger partial charge in [0.25, 0.3) is 0 Å². The van der Waals surface area contributed by atoms with Gasteiger partial charge in [-0.15, -0.1) is 0 Å². The van der Waals surface area contributed by atoms with Crippen LogP contribution < -0.4 is 4.90 Å². The number of phenolic OH excluding ortho intramolecular Hbond substituents is 1. The van der Waals surface area contributed by atoms with E-state index in [0.717, 1.165) is 12.0 Å². The number of fused-ring (bicyclic) bond motifs is 6. The number of alkyl halides is 2. The Morgan fingerprint density at radius 1 is 0.909 bits per heavy atom. The second kappa shape index (κ2) is 10.9. The Hall–Kier alpha value is -3.89. The van der Waals surface area contributed by atoms with Crippen LogP contribution in [-0.2, 0) is 14.3 Å². The maximum absolute atomic E-state index is 13.5. The summed E-state index contributed by atoms with van der Waals surface area (Å²) in [7, 11) is 0. The molecule has 44 heavy (non-hydrogen) atoms. The molecule has 222 valence electrons. The number of anilines is 1. The molecule has 1 aliphatic heterocycles. The SMILES string of the molecule is Cc1ccc2nc(-c3ccc(N4C(=O)C5C6CC(C(Br)C6Br)C5C4=O)cc3)cc(C(=O)OCC(=O)c3ccccc3O)c2c1. The quantitative estimate of drug-likeness (QED) is 0.109. The van der Waals surface area contributed by atoms with Crippen molar-refractivity contribution in [2.45, 2.75) is 23.0 Å². The van der Waals surface area contributed by atoms with Gasteiger partial charge in [-0.2, -0.15) is 0 Å². The van der Waals surface area contributed by atoms with E-state index in [1.807, 2.05) is 25.1 Å². The normalized spacial score (nSPS) is 25.5. The zero-order valence-electron chi connectivity index (χ0n) is 23.4. The number of rotatable bonds is 6. The van der Waals surface area contributed by atoms with Crippen molar-refractivity contribution in [1.82, 2.24) is 4.98 Å². The molecule has 1 aromatic heterocycles. The standard InChI is InChI=1S/C34H26Br2N2O6/c1-16-6-11-24-20(12-16)21(34(43)44-15-27(40)19-4-2-3-5-26(19)39)14-25(37-24)17-7-9-18(10-8-17)38-32(41)28-22-13-23(29(28)33(38)42)31(36)30(22)35/h2-12,14,22-23,28-31,39H,13,15H2,1H3. The highest BCUT2D eigenvalue weighted by atomic mass is 79.9. The molecule has 3 fully saturated rings.